The Hall–Kier alpha value is -4.25. The van der Waals surface area contributed by atoms with Crippen molar-refractivity contribution in [2.45, 2.75) is 24.2 Å². The van der Waals surface area contributed by atoms with Crippen molar-refractivity contribution in [3.63, 3.8) is 0 Å². The van der Waals surface area contributed by atoms with Crippen LogP contribution in [0.4, 0.5) is 11.4 Å². The van der Waals surface area contributed by atoms with Gasteiger partial charge in [-0.1, -0.05) is 0 Å². The van der Waals surface area contributed by atoms with E-state index >= 15 is 0 Å². The number of aromatic nitrogens is 4. The third-order valence-corrected chi connectivity index (χ3v) is 7.42. The second-order valence-electron chi connectivity index (χ2n) is 8.32. The highest BCUT2D eigenvalue weighted by atomic mass is 32.2. The smallest absolute Gasteiger partial charge is 0.261 e. The molecule has 11 heteroatoms. The van der Waals surface area contributed by atoms with Gasteiger partial charge in [-0.3, -0.25) is 14.1 Å². The van der Waals surface area contributed by atoms with E-state index in [9.17, 15) is 13.2 Å². The first-order valence-corrected chi connectivity index (χ1v) is 12.5. The van der Waals surface area contributed by atoms with Crippen molar-refractivity contribution in [2.75, 3.05) is 16.2 Å². The molecule has 1 N–H and O–H groups in total. The molecule has 35 heavy (non-hydrogen) atoms. The number of nitrogens with zero attached hydrogens (tertiary/aromatic N) is 5. The quantitative estimate of drug-likeness (QED) is 0.443. The summed E-state index contributed by atoms with van der Waals surface area (Å²) in [4.78, 5) is 18.1. The standard InChI is InChI=1S/C24H20N6O4S/c31-23-8-1-16-13-20(14-17-9-11-30(23)24(16)17)35(32,33)28-18-2-4-19(5-3-18)34-22-7-6-21(26-27-22)29-12-10-25-15-29/h2-7,10,12-15,28H,1,8-9,11H2. The predicted molar refractivity (Wildman–Crippen MR) is 127 cm³/mol. The zero-order chi connectivity index (χ0) is 24.0. The Labute approximate surface area is 201 Å². The Balaban J connectivity index is 1.17. The van der Waals surface area contributed by atoms with Crippen LogP contribution in [-0.4, -0.2) is 40.6 Å². The van der Waals surface area contributed by atoms with Gasteiger partial charge >= 0.3 is 0 Å². The molecule has 1 amide bonds. The lowest BCUT2D eigenvalue weighted by atomic mass is 10.00. The fraction of sp³-hybridized carbons (Fsp3) is 0.167. The number of ether oxygens (including phenoxy) is 1. The molecule has 0 saturated carbocycles. The number of carbonyl (C=O) groups is 1. The van der Waals surface area contributed by atoms with Gasteiger partial charge in [0.05, 0.1) is 10.6 Å². The first-order valence-electron chi connectivity index (χ1n) is 11.1. The lowest BCUT2D eigenvalue weighted by Crippen LogP contribution is -2.33. The van der Waals surface area contributed by atoms with Gasteiger partial charge in [0.25, 0.3) is 10.0 Å². The highest BCUT2D eigenvalue weighted by molar-refractivity contribution is 7.92. The van der Waals surface area contributed by atoms with Crippen LogP contribution in [0.15, 0.2) is 72.1 Å². The van der Waals surface area contributed by atoms with Crippen LogP contribution in [0.3, 0.4) is 0 Å². The monoisotopic (exact) mass is 488 g/mol. The summed E-state index contributed by atoms with van der Waals surface area (Å²) < 4.78 is 36.3. The zero-order valence-corrected chi connectivity index (χ0v) is 19.3. The Morgan fingerprint density at radius 1 is 0.943 bits per heavy atom. The second-order valence-corrected chi connectivity index (χ2v) is 10.00. The number of carbonyl (C=O) groups excluding carboxylic acids is 1. The van der Waals surface area contributed by atoms with E-state index in [0.29, 0.717) is 48.9 Å². The molecule has 2 aromatic heterocycles. The molecule has 0 aliphatic carbocycles. The van der Waals surface area contributed by atoms with Gasteiger partial charge < -0.3 is 9.64 Å². The van der Waals surface area contributed by atoms with E-state index in [2.05, 4.69) is 19.9 Å². The minimum Gasteiger partial charge on any atom is -0.438 e. The van der Waals surface area contributed by atoms with E-state index in [1.165, 1.54) is 0 Å². The minimum atomic E-state index is -3.80. The number of nitrogens with one attached hydrogen (secondary N) is 1. The molecule has 4 heterocycles. The van der Waals surface area contributed by atoms with Crippen molar-refractivity contribution in [1.82, 2.24) is 19.7 Å². The summed E-state index contributed by atoms with van der Waals surface area (Å²) in [7, 11) is -3.80. The van der Waals surface area contributed by atoms with Gasteiger partial charge in [0.2, 0.25) is 11.8 Å². The molecule has 4 aromatic rings. The van der Waals surface area contributed by atoms with Gasteiger partial charge in [-0.2, -0.15) is 0 Å². The number of hydrogen-bond donors (Lipinski definition) is 1. The van der Waals surface area contributed by atoms with Gasteiger partial charge in [0.15, 0.2) is 5.82 Å². The maximum absolute atomic E-state index is 13.1. The van der Waals surface area contributed by atoms with Crippen molar-refractivity contribution < 1.29 is 17.9 Å². The van der Waals surface area contributed by atoms with Crippen LogP contribution >= 0.6 is 0 Å². The van der Waals surface area contributed by atoms with Crippen LogP contribution in [-0.2, 0) is 27.7 Å². The number of aryl methyl sites for hydroxylation is 1. The van der Waals surface area contributed by atoms with Crippen molar-refractivity contribution in [1.29, 1.82) is 0 Å². The van der Waals surface area contributed by atoms with Gasteiger partial charge in [-0.05, 0) is 66.4 Å². The van der Waals surface area contributed by atoms with Crippen molar-refractivity contribution >= 4 is 27.3 Å². The number of hydrogen-bond acceptors (Lipinski definition) is 7. The molecule has 176 valence electrons. The van der Waals surface area contributed by atoms with Crippen LogP contribution in [0, 0.1) is 0 Å². The van der Waals surface area contributed by atoms with Gasteiger partial charge in [-0.15, -0.1) is 10.2 Å². The van der Waals surface area contributed by atoms with Gasteiger partial charge in [0, 0.05) is 37.1 Å². The minimum absolute atomic E-state index is 0.104. The fourth-order valence-corrected chi connectivity index (χ4v) is 5.57. The molecule has 2 aliphatic heterocycles. The van der Waals surface area contributed by atoms with Crippen molar-refractivity contribution in [3.05, 3.63) is 78.4 Å². The van der Waals surface area contributed by atoms with Crippen molar-refractivity contribution in [3.8, 4) is 17.4 Å². The normalized spacial score (nSPS) is 14.6. The number of rotatable bonds is 6. The van der Waals surface area contributed by atoms with Crippen LogP contribution in [0.1, 0.15) is 17.5 Å². The number of anilines is 2. The molecule has 0 atom stereocenters. The second kappa shape index (κ2) is 8.20. The first-order chi connectivity index (χ1) is 17.0. The summed E-state index contributed by atoms with van der Waals surface area (Å²) in [5.41, 5.74) is 3.11. The summed E-state index contributed by atoms with van der Waals surface area (Å²) in [6.45, 7) is 0.607. The van der Waals surface area contributed by atoms with E-state index in [0.717, 1.165) is 16.8 Å². The maximum atomic E-state index is 13.1. The summed E-state index contributed by atoms with van der Waals surface area (Å²) in [5.74, 6) is 1.51. The van der Waals surface area contributed by atoms with E-state index < -0.39 is 10.0 Å². The maximum Gasteiger partial charge on any atom is 0.261 e. The Bertz CT molecular complexity index is 1520. The number of sulfonamides is 1. The number of amides is 1. The zero-order valence-electron chi connectivity index (χ0n) is 18.5. The molecule has 0 radical (unpaired) electrons. The van der Waals surface area contributed by atoms with Crippen LogP contribution in [0.5, 0.6) is 11.6 Å². The summed E-state index contributed by atoms with van der Waals surface area (Å²) in [6, 6.07) is 13.3. The molecule has 10 nitrogen and oxygen atoms in total. The molecular weight excluding hydrogens is 468 g/mol. The van der Waals surface area contributed by atoms with Crippen molar-refractivity contribution in [2.24, 2.45) is 0 Å². The van der Waals surface area contributed by atoms with Crippen LogP contribution in [0.25, 0.3) is 5.82 Å². The van der Waals surface area contributed by atoms with Crippen LogP contribution in [0.2, 0.25) is 0 Å². The van der Waals surface area contributed by atoms with Gasteiger partial charge in [-0.25, -0.2) is 13.4 Å². The third-order valence-electron chi connectivity index (χ3n) is 6.06. The van der Waals surface area contributed by atoms with E-state index in [-0.39, 0.29) is 10.8 Å². The fourth-order valence-electron chi connectivity index (χ4n) is 4.41. The molecule has 0 spiro atoms. The predicted octanol–water partition coefficient (Wildman–Crippen LogP) is 3.09. The third kappa shape index (κ3) is 3.99. The molecule has 6 rings (SSSR count). The first kappa shape index (κ1) is 21.3. The average Bonchev–Trinajstić information content (AvgIpc) is 3.54. The highest BCUT2D eigenvalue weighted by Gasteiger charge is 2.32. The Morgan fingerprint density at radius 3 is 2.46 bits per heavy atom. The molecule has 2 aliphatic rings. The Morgan fingerprint density at radius 2 is 1.74 bits per heavy atom. The molecule has 2 aromatic carbocycles. The SMILES string of the molecule is O=C1CCc2cc(S(=O)(=O)Nc3ccc(Oc4ccc(-n5ccnc5)nn4)cc3)cc3c2N1CC3. The Kier molecular flexibility index (Phi) is 4.99. The summed E-state index contributed by atoms with van der Waals surface area (Å²) in [6.07, 6.45) is 6.66. The van der Waals surface area contributed by atoms with E-state index in [1.54, 1.807) is 76.7 Å². The van der Waals surface area contributed by atoms with Crippen LogP contribution < -0.4 is 14.4 Å². The lowest BCUT2D eigenvalue weighted by Gasteiger charge is -2.25. The number of benzene rings is 2. The lowest BCUT2D eigenvalue weighted by molar-refractivity contribution is -0.118. The highest BCUT2D eigenvalue weighted by Crippen LogP contribution is 2.38. The topological polar surface area (TPSA) is 119 Å². The molecular formula is C24H20N6O4S. The largest absolute Gasteiger partial charge is 0.438 e. The summed E-state index contributed by atoms with van der Waals surface area (Å²) in [5, 5.41) is 8.16. The molecule has 0 saturated heterocycles. The number of imidazole rings is 1. The van der Waals surface area contributed by atoms with E-state index in [4.69, 9.17) is 4.74 Å². The summed E-state index contributed by atoms with van der Waals surface area (Å²) >= 11 is 0. The average molecular weight is 489 g/mol. The van der Waals surface area contributed by atoms with E-state index in [1.807, 2.05) is 0 Å². The van der Waals surface area contributed by atoms with Gasteiger partial charge in [0.1, 0.15) is 12.1 Å². The molecule has 0 bridgehead atoms. The molecule has 0 unspecified atom stereocenters. The molecule has 0 fully saturated rings.